The number of piperidine rings is 1. The van der Waals surface area contributed by atoms with Crippen LogP contribution in [0.15, 0.2) is 71.6 Å². The number of ether oxygens (including phenoxy) is 3. The van der Waals surface area contributed by atoms with Gasteiger partial charge in [-0.3, -0.25) is 10.2 Å². The Morgan fingerprint density at radius 2 is 1.79 bits per heavy atom. The first-order chi connectivity index (χ1) is 20.1. The van der Waals surface area contributed by atoms with Crippen LogP contribution in [0.2, 0.25) is 0 Å². The summed E-state index contributed by atoms with van der Waals surface area (Å²) < 4.78 is 60.2. The summed E-state index contributed by atoms with van der Waals surface area (Å²) in [5.74, 6) is -1.18. The van der Waals surface area contributed by atoms with Crippen LogP contribution in [-0.2, 0) is 26.1 Å². The van der Waals surface area contributed by atoms with Crippen LogP contribution in [0.1, 0.15) is 42.6 Å². The number of rotatable bonds is 12. The van der Waals surface area contributed by atoms with E-state index >= 15 is 4.39 Å². The molecule has 0 aliphatic carbocycles. The molecule has 12 heteroatoms. The molecule has 0 aromatic heterocycles. The van der Waals surface area contributed by atoms with Crippen LogP contribution >= 0.6 is 0 Å². The van der Waals surface area contributed by atoms with Crippen molar-refractivity contribution in [1.82, 2.24) is 9.62 Å². The standard InChI is InChI=1S/C30H35FN4O6S/c1-3-40-23-17-25(28(39-2)30(36)34-19-20-9-11-21(12-10-20)29(32)33)27(31)26(18-23)41-22-13-15-35(16-14-22)42(37,38)24-7-5-4-6-8-24/h4-12,17-18,22,28H,3,13-16,19H2,1-2H3,(H3,32,33)(H,34,36). The highest BCUT2D eigenvalue weighted by Crippen LogP contribution is 2.34. The number of amides is 1. The zero-order chi connectivity index (χ0) is 30.3. The van der Waals surface area contributed by atoms with Gasteiger partial charge in [-0.25, -0.2) is 12.8 Å². The molecule has 0 bridgehead atoms. The normalized spacial score (nSPS) is 15.1. The third-order valence-electron chi connectivity index (χ3n) is 6.92. The zero-order valence-corrected chi connectivity index (χ0v) is 24.3. The van der Waals surface area contributed by atoms with Crippen LogP contribution in [0.25, 0.3) is 0 Å². The number of carbonyl (C=O) groups excluding carboxylic acids is 1. The molecule has 3 aromatic rings. The molecule has 1 aliphatic rings. The third kappa shape index (κ3) is 7.25. The van der Waals surface area contributed by atoms with Gasteiger partial charge in [0.15, 0.2) is 17.7 Å². The molecule has 1 heterocycles. The van der Waals surface area contributed by atoms with Gasteiger partial charge in [-0.15, -0.1) is 0 Å². The Kier molecular flexibility index (Phi) is 10.2. The lowest BCUT2D eigenvalue weighted by Crippen LogP contribution is -2.41. The van der Waals surface area contributed by atoms with E-state index in [1.807, 2.05) is 0 Å². The van der Waals surface area contributed by atoms with Gasteiger partial charge in [-0.05, 0) is 43.5 Å². The number of nitrogen functional groups attached to an aromatic ring is 1. The average molecular weight is 599 g/mol. The molecule has 0 radical (unpaired) electrons. The van der Waals surface area contributed by atoms with Crippen molar-refractivity contribution in [2.24, 2.45) is 5.73 Å². The number of nitrogens with one attached hydrogen (secondary N) is 2. The molecule has 42 heavy (non-hydrogen) atoms. The summed E-state index contributed by atoms with van der Waals surface area (Å²) >= 11 is 0. The van der Waals surface area contributed by atoms with Crippen LogP contribution in [0.5, 0.6) is 11.5 Å². The van der Waals surface area contributed by atoms with E-state index in [2.05, 4.69) is 5.32 Å². The summed E-state index contributed by atoms with van der Waals surface area (Å²) in [6.45, 7) is 2.68. The topological polar surface area (TPSA) is 144 Å². The van der Waals surface area contributed by atoms with Crippen LogP contribution in [0.4, 0.5) is 4.39 Å². The van der Waals surface area contributed by atoms with Crippen LogP contribution in [0, 0.1) is 11.2 Å². The predicted octanol–water partition coefficient (Wildman–Crippen LogP) is 3.74. The van der Waals surface area contributed by atoms with E-state index < -0.39 is 34.0 Å². The zero-order valence-electron chi connectivity index (χ0n) is 23.5. The monoisotopic (exact) mass is 598 g/mol. The van der Waals surface area contributed by atoms with Crippen molar-refractivity contribution in [3.05, 3.63) is 89.2 Å². The molecule has 1 saturated heterocycles. The van der Waals surface area contributed by atoms with Crippen molar-refractivity contribution in [3.8, 4) is 11.5 Å². The van der Waals surface area contributed by atoms with Gasteiger partial charge < -0.3 is 25.3 Å². The van der Waals surface area contributed by atoms with Crippen LogP contribution in [0.3, 0.4) is 0 Å². The van der Waals surface area contributed by atoms with Gasteiger partial charge in [0.05, 0.1) is 11.5 Å². The molecule has 3 aromatic carbocycles. The SMILES string of the molecule is CCOc1cc(OC2CCN(S(=O)(=O)c3ccccc3)CC2)c(F)c(C(OC)C(=O)NCc2ccc(C(=N)N)cc2)c1. The first-order valence-electron chi connectivity index (χ1n) is 13.6. The lowest BCUT2D eigenvalue weighted by Gasteiger charge is -2.31. The molecule has 10 nitrogen and oxygen atoms in total. The van der Waals surface area contributed by atoms with E-state index in [0.29, 0.717) is 30.8 Å². The third-order valence-corrected chi connectivity index (χ3v) is 8.83. The maximum absolute atomic E-state index is 15.8. The minimum Gasteiger partial charge on any atom is -0.494 e. The van der Waals surface area contributed by atoms with Gasteiger partial charge in [0.2, 0.25) is 10.0 Å². The quantitative estimate of drug-likeness (QED) is 0.213. The number of nitrogens with two attached hydrogens (primary N) is 1. The van der Waals surface area contributed by atoms with E-state index in [9.17, 15) is 13.2 Å². The molecule has 1 atom stereocenters. The van der Waals surface area contributed by atoms with Gasteiger partial charge >= 0.3 is 0 Å². The van der Waals surface area contributed by atoms with Crippen molar-refractivity contribution in [2.45, 2.75) is 43.4 Å². The lowest BCUT2D eigenvalue weighted by atomic mass is 10.1. The molecule has 1 unspecified atom stereocenters. The molecule has 0 saturated carbocycles. The summed E-state index contributed by atoms with van der Waals surface area (Å²) in [6, 6.07) is 17.9. The maximum atomic E-state index is 15.8. The fourth-order valence-electron chi connectivity index (χ4n) is 4.69. The molecule has 1 fully saturated rings. The van der Waals surface area contributed by atoms with Crippen molar-refractivity contribution in [2.75, 3.05) is 26.8 Å². The average Bonchev–Trinajstić information content (AvgIpc) is 2.99. The van der Waals surface area contributed by atoms with Crippen molar-refractivity contribution in [1.29, 1.82) is 5.41 Å². The van der Waals surface area contributed by atoms with Gasteiger partial charge in [0.1, 0.15) is 17.7 Å². The Morgan fingerprint density at radius 3 is 2.38 bits per heavy atom. The van der Waals surface area contributed by atoms with Crippen LogP contribution < -0.4 is 20.5 Å². The number of hydrogen-bond donors (Lipinski definition) is 3. The highest BCUT2D eigenvalue weighted by molar-refractivity contribution is 7.89. The van der Waals surface area contributed by atoms with E-state index in [1.165, 1.54) is 23.5 Å². The molecular formula is C30H35FN4O6S. The molecular weight excluding hydrogens is 563 g/mol. The fraction of sp³-hybridized carbons (Fsp3) is 0.333. The molecule has 4 N–H and O–H groups in total. The lowest BCUT2D eigenvalue weighted by molar-refractivity contribution is -0.131. The largest absolute Gasteiger partial charge is 0.494 e. The minimum absolute atomic E-state index is 0.0491. The first kappa shape index (κ1) is 30.9. The number of methoxy groups -OCH3 is 1. The number of amidine groups is 1. The second kappa shape index (κ2) is 13.8. The Bertz CT molecular complexity index is 1490. The summed E-state index contributed by atoms with van der Waals surface area (Å²) in [4.78, 5) is 13.3. The number of nitrogens with zero attached hydrogens (tertiary/aromatic N) is 1. The molecule has 4 rings (SSSR count). The molecule has 224 valence electrons. The van der Waals surface area contributed by atoms with Gasteiger partial charge in [0, 0.05) is 43.9 Å². The van der Waals surface area contributed by atoms with Crippen molar-refractivity contribution in [3.63, 3.8) is 0 Å². The van der Waals surface area contributed by atoms with E-state index in [-0.39, 0.29) is 41.7 Å². The van der Waals surface area contributed by atoms with Gasteiger partial charge in [-0.1, -0.05) is 42.5 Å². The van der Waals surface area contributed by atoms with Gasteiger partial charge in [-0.2, -0.15) is 4.31 Å². The molecule has 1 amide bonds. The van der Waals surface area contributed by atoms with Crippen molar-refractivity contribution >= 4 is 21.8 Å². The minimum atomic E-state index is -3.64. The summed E-state index contributed by atoms with van der Waals surface area (Å²) in [5, 5.41) is 10.2. The van der Waals surface area contributed by atoms with Crippen molar-refractivity contribution < 1.29 is 31.8 Å². The Hall–Kier alpha value is -4.00. The predicted molar refractivity (Wildman–Crippen MR) is 155 cm³/mol. The number of hydrogen-bond acceptors (Lipinski definition) is 7. The Labute approximate surface area is 245 Å². The highest BCUT2D eigenvalue weighted by atomic mass is 32.2. The molecule has 0 spiro atoms. The van der Waals surface area contributed by atoms with E-state index in [1.54, 1.807) is 61.5 Å². The number of halogens is 1. The second-order valence-corrected chi connectivity index (χ2v) is 11.7. The maximum Gasteiger partial charge on any atom is 0.254 e. The van der Waals surface area contributed by atoms with Gasteiger partial charge in [0.25, 0.3) is 5.91 Å². The Morgan fingerprint density at radius 1 is 1.12 bits per heavy atom. The smallest absolute Gasteiger partial charge is 0.254 e. The second-order valence-electron chi connectivity index (χ2n) is 9.74. The Balaban J connectivity index is 1.47. The highest BCUT2D eigenvalue weighted by Gasteiger charge is 2.32. The van der Waals surface area contributed by atoms with Crippen LogP contribution in [-0.4, -0.2) is 57.4 Å². The number of benzene rings is 3. The molecule has 1 aliphatic heterocycles. The number of sulfonamides is 1. The number of carbonyl (C=O) groups is 1. The summed E-state index contributed by atoms with van der Waals surface area (Å²) in [5.41, 5.74) is 6.76. The fourth-order valence-corrected chi connectivity index (χ4v) is 6.18. The first-order valence-corrected chi connectivity index (χ1v) is 15.0. The summed E-state index contributed by atoms with van der Waals surface area (Å²) in [6.07, 6.45) is -1.02. The van der Waals surface area contributed by atoms with E-state index in [4.69, 9.17) is 25.4 Å². The van der Waals surface area contributed by atoms with E-state index in [0.717, 1.165) is 5.56 Å². The summed E-state index contributed by atoms with van der Waals surface area (Å²) in [7, 11) is -2.33.